The molecular weight excluding hydrogens is 400 g/mol. The highest BCUT2D eigenvalue weighted by Gasteiger charge is 2.12. The summed E-state index contributed by atoms with van der Waals surface area (Å²) in [6.45, 7) is 2.19. The van der Waals surface area contributed by atoms with Gasteiger partial charge in [0.2, 0.25) is 0 Å². The second kappa shape index (κ2) is 8.11. The smallest absolute Gasteiger partial charge is 0.143 e. The van der Waals surface area contributed by atoms with E-state index in [-0.39, 0.29) is 0 Å². The molecule has 158 valence electrons. The van der Waals surface area contributed by atoms with Crippen LogP contribution in [0.1, 0.15) is 12.5 Å². The molecule has 0 bridgehead atoms. The Labute approximate surface area is 193 Å². The molecule has 1 heteroatoms. The first-order chi connectivity index (χ1) is 16.3. The van der Waals surface area contributed by atoms with Gasteiger partial charge in [-0.05, 0) is 51.9 Å². The van der Waals surface area contributed by atoms with E-state index in [1.54, 1.807) is 0 Å². The first kappa shape index (κ1) is 19.6. The van der Waals surface area contributed by atoms with E-state index in [2.05, 4.69) is 110 Å². The number of hydrogen-bond donors (Lipinski definition) is 0. The van der Waals surface area contributed by atoms with Gasteiger partial charge in [-0.3, -0.25) is 0 Å². The summed E-state index contributed by atoms with van der Waals surface area (Å²) in [5, 5.41) is 2.32. The van der Waals surface area contributed by atoms with Crippen molar-refractivity contribution in [3.8, 4) is 33.4 Å². The van der Waals surface area contributed by atoms with Gasteiger partial charge in [-0.15, -0.1) is 0 Å². The van der Waals surface area contributed by atoms with Crippen molar-refractivity contribution in [2.24, 2.45) is 0 Å². The molecule has 0 saturated heterocycles. The Balaban J connectivity index is 1.36. The third-order valence-electron chi connectivity index (χ3n) is 6.49. The minimum atomic E-state index is 0.931. The van der Waals surface area contributed by atoms with Gasteiger partial charge in [0.1, 0.15) is 11.2 Å². The van der Waals surface area contributed by atoms with Crippen LogP contribution in [-0.4, -0.2) is 0 Å². The average molecular weight is 425 g/mol. The van der Waals surface area contributed by atoms with Crippen molar-refractivity contribution in [3.63, 3.8) is 0 Å². The summed E-state index contributed by atoms with van der Waals surface area (Å²) >= 11 is 0. The van der Waals surface area contributed by atoms with Gasteiger partial charge in [0.25, 0.3) is 0 Å². The van der Waals surface area contributed by atoms with Crippen molar-refractivity contribution in [1.82, 2.24) is 0 Å². The lowest BCUT2D eigenvalue weighted by Gasteiger charge is -2.08. The van der Waals surface area contributed by atoms with Gasteiger partial charge in [0, 0.05) is 16.3 Å². The van der Waals surface area contributed by atoms with Gasteiger partial charge in [-0.2, -0.15) is 0 Å². The quantitative estimate of drug-likeness (QED) is 0.275. The number of furan rings is 1. The van der Waals surface area contributed by atoms with Crippen molar-refractivity contribution < 1.29 is 4.42 Å². The lowest BCUT2D eigenvalue weighted by atomic mass is 9.96. The summed E-state index contributed by atoms with van der Waals surface area (Å²) in [5.74, 6) is 0. The molecule has 0 spiro atoms. The van der Waals surface area contributed by atoms with Crippen LogP contribution in [0, 0.1) is 0 Å². The first-order valence-electron chi connectivity index (χ1n) is 11.5. The van der Waals surface area contributed by atoms with E-state index in [9.17, 15) is 0 Å². The highest BCUT2D eigenvalue weighted by atomic mass is 16.3. The first-order valence-corrected chi connectivity index (χ1v) is 11.5. The molecular formula is C32H24O. The summed E-state index contributed by atoms with van der Waals surface area (Å²) in [5.41, 5.74) is 10.5. The van der Waals surface area contributed by atoms with Crippen LogP contribution >= 0.6 is 0 Å². The van der Waals surface area contributed by atoms with Crippen LogP contribution in [0.2, 0.25) is 0 Å². The Hall–Kier alpha value is -4.10. The summed E-state index contributed by atoms with van der Waals surface area (Å²) < 4.78 is 6.23. The molecule has 6 rings (SSSR count). The molecule has 1 aromatic heterocycles. The van der Waals surface area contributed by atoms with E-state index in [0.29, 0.717) is 0 Å². The van der Waals surface area contributed by atoms with Crippen molar-refractivity contribution in [1.29, 1.82) is 0 Å². The minimum Gasteiger partial charge on any atom is -0.455 e. The number of hydrogen-bond acceptors (Lipinski definition) is 1. The predicted octanol–water partition coefficient (Wildman–Crippen LogP) is 9.15. The van der Waals surface area contributed by atoms with Crippen LogP contribution in [0.4, 0.5) is 0 Å². The molecule has 0 saturated carbocycles. The monoisotopic (exact) mass is 424 g/mol. The van der Waals surface area contributed by atoms with Crippen LogP contribution in [0.5, 0.6) is 0 Å². The molecule has 0 radical (unpaired) electrons. The molecule has 0 aliphatic rings. The Bertz CT molecular complexity index is 1570. The Morgan fingerprint density at radius 3 is 1.85 bits per heavy atom. The molecule has 0 amide bonds. The maximum Gasteiger partial charge on any atom is 0.143 e. The minimum absolute atomic E-state index is 0.931. The zero-order valence-electron chi connectivity index (χ0n) is 18.6. The third kappa shape index (κ3) is 3.52. The highest BCUT2D eigenvalue weighted by molar-refractivity contribution is 6.09. The maximum atomic E-state index is 6.23. The molecule has 6 aromatic rings. The number of para-hydroxylation sites is 2. The van der Waals surface area contributed by atoms with Crippen molar-refractivity contribution in [2.45, 2.75) is 13.3 Å². The van der Waals surface area contributed by atoms with E-state index in [1.807, 2.05) is 12.1 Å². The van der Waals surface area contributed by atoms with Gasteiger partial charge < -0.3 is 4.42 Å². The highest BCUT2D eigenvalue weighted by Crippen LogP contribution is 2.36. The molecule has 0 unspecified atom stereocenters. The molecule has 0 aliphatic heterocycles. The molecule has 33 heavy (non-hydrogen) atoms. The Kier molecular flexibility index (Phi) is 4.81. The van der Waals surface area contributed by atoms with E-state index in [1.165, 1.54) is 27.8 Å². The molecule has 0 fully saturated rings. The van der Waals surface area contributed by atoms with Crippen LogP contribution in [0.25, 0.3) is 55.3 Å². The molecule has 5 aromatic carbocycles. The lowest BCUT2D eigenvalue weighted by molar-refractivity contribution is 0.670. The van der Waals surface area contributed by atoms with Gasteiger partial charge in [-0.25, -0.2) is 0 Å². The van der Waals surface area contributed by atoms with Crippen LogP contribution < -0.4 is 0 Å². The fraction of sp³-hybridized carbons (Fsp3) is 0.0625. The van der Waals surface area contributed by atoms with E-state index in [4.69, 9.17) is 4.42 Å². The van der Waals surface area contributed by atoms with Gasteiger partial charge >= 0.3 is 0 Å². The van der Waals surface area contributed by atoms with Crippen molar-refractivity contribution >= 4 is 21.9 Å². The second-order valence-corrected chi connectivity index (χ2v) is 8.49. The summed E-state index contributed by atoms with van der Waals surface area (Å²) in [6, 6.07) is 41.1. The summed E-state index contributed by atoms with van der Waals surface area (Å²) in [6.07, 6.45) is 1.06. The number of benzene rings is 5. The van der Waals surface area contributed by atoms with Crippen LogP contribution in [-0.2, 0) is 6.42 Å². The molecule has 1 nitrogen and oxygen atoms in total. The molecule has 0 aliphatic carbocycles. The molecule has 0 atom stereocenters. The van der Waals surface area contributed by atoms with E-state index < -0.39 is 0 Å². The Morgan fingerprint density at radius 2 is 1.12 bits per heavy atom. The maximum absolute atomic E-state index is 6.23. The van der Waals surface area contributed by atoms with Gasteiger partial charge in [-0.1, -0.05) is 110 Å². The standard InChI is InChI=1S/C32H24O/c1-2-22-13-15-23(16-14-22)26-7-5-8-27(21-26)24-17-19-25(20-18-24)28-10-6-11-30-29-9-3-4-12-31(29)33-32(28)30/h3-21H,2H2,1H3. The van der Waals surface area contributed by atoms with Crippen molar-refractivity contribution in [3.05, 3.63) is 121 Å². The van der Waals surface area contributed by atoms with Crippen LogP contribution in [0.3, 0.4) is 0 Å². The van der Waals surface area contributed by atoms with Crippen molar-refractivity contribution in [2.75, 3.05) is 0 Å². The predicted molar refractivity (Wildman–Crippen MR) is 139 cm³/mol. The average Bonchev–Trinajstić information content (AvgIpc) is 3.28. The lowest BCUT2D eigenvalue weighted by Crippen LogP contribution is -1.84. The Morgan fingerprint density at radius 1 is 0.515 bits per heavy atom. The normalized spacial score (nSPS) is 11.3. The fourth-order valence-corrected chi connectivity index (χ4v) is 4.63. The fourth-order valence-electron chi connectivity index (χ4n) is 4.63. The zero-order valence-corrected chi connectivity index (χ0v) is 18.6. The number of fused-ring (bicyclic) bond motifs is 3. The topological polar surface area (TPSA) is 13.1 Å². The zero-order chi connectivity index (χ0) is 22.2. The number of rotatable bonds is 4. The van der Waals surface area contributed by atoms with E-state index >= 15 is 0 Å². The number of aryl methyl sites for hydroxylation is 1. The largest absolute Gasteiger partial charge is 0.455 e. The van der Waals surface area contributed by atoms with Crippen LogP contribution in [0.15, 0.2) is 120 Å². The molecule has 0 N–H and O–H groups in total. The van der Waals surface area contributed by atoms with Gasteiger partial charge in [0.05, 0.1) is 0 Å². The SMILES string of the molecule is CCc1ccc(-c2cccc(-c3ccc(-c4cccc5c4oc4ccccc45)cc3)c2)cc1. The molecule has 1 heterocycles. The summed E-state index contributed by atoms with van der Waals surface area (Å²) in [7, 11) is 0. The van der Waals surface area contributed by atoms with Gasteiger partial charge in [0.15, 0.2) is 0 Å². The summed E-state index contributed by atoms with van der Waals surface area (Å²) in [4.78, 5) is 0. The third-order valence-corrected chi connectivity index (χ3v) is 6.49. The second-order valence-electron chi connectivity index (χ2n) is 8.49. The van der Waals surface area contributed by atoms with E-state index in [0.717, 1.165) is 39.5 Å².